The van der Waals surface area contributed by atoms with Crippen molar-refractivity contribution in [2.24, 2.45) is 7.05 Å². The summed E-state index contributed by atoms with van der Waals surface area (Å²) >= 11 is 7.83. The highest BCUT2D eigenvalue weighted by atomic mass is 35.5. The van der Waals surface area contributed by atoms with E-state index in [1.165, 1.54) is 5.56 Å². The Hall–Kier alpha value is -2.50. The zero-order valence-electron chi connectivity index (χ0n) is 14.5. The summed E-state index contributed by atoms with van der Waals surface area (Å²) in [5.41, 5.74) is 3.12. The minimum Gasteiger partial charge on any atom is -0.497 e. The SMILES string of the molecule is COc1ccc(Cn2cccc3sn(C)c4cc(Cl)ccc4nc2-3)cc1. The Labute approximate surface area is 161 Å². The van der Waals surface area contributed by atoms with E-state index in [0.717, 1.165) is 34.0 Å². The van der Waals surface area contributed by atoms with Crippen LogP contribution in [0.3, 0.4) is 0 Å². The number of ether oxygens (including phenoxy) is 1. The molecule has 0 aromatic heterocycles. The Balaban J connectivity index is 1.86. The molecule has 2 aromatic carbocycles. The molecule has 132 valence electrons. The number of hydrogen-bond donors (Lipinski definition) is 0. The Bertz CT molecular complexity index is 1080. The van der Waals surface area contributed by atoms with E-state index in [1.54, 1.807) is 18.6 Å². The van der Waals surface area contributed by atoms with Gasteiger partial charge in [0.1, 0.15) is 5.75 Å². The van der Waals surface area contributed by atoms with Gasteiger partial charge in [-0.3, -0.25) is 3.96 Å². The average Bonchev–Trinajstić information content (AvgIpc) is 2.79. The van der Waals surface area contributed by atoms with Gasteiger partial charge in [-0.2, -0.15) is 0 Å². The first-order chi connectivity index (χ1) is 12.6. The van der Waals surface area contributed by atoms with Crippen molar-refractivity contribution in [1.82, 2.24) is 13.5 Å². The van der Waals surface area contributed by atoms with Crippen LogP contribution in [0, 0.1) is 0 Å². The van der Waals surface area contributed by atoms with Gasteiger partial charge in [0.25, 0.3) is 0 Å². The van der Waals surface area contributed by atoms with E-state index in [2.05, 4.69) is 39.0 Å². The van der Waals surface area contributed by atoms with Crippen LogP contribution in [0.25, 0.3) is 21.7 Å². The van der Waals surface area contributed by atoms with E-state index in [-0.39, 0.29) is 0 Å². The molecule has 2 aliphatic rings. The molecule has 0 bridgehead atoms. The third-order valence-corrected chi connectivity index (χ3v) is 5.48. The first-order valence-electron chi connectivity index (χ1n) is 8.22. The van der Waals surface area contributed by atoms with Crippen LogP contribution in [0.2, 0.25) is 5.02 Å². The number of hydrogen-bond acceptors (Lipinski definition) is 3. The van der Waals surface area contributed by atoms with E-state index in [0.29, 0.717) is 5.02 Å². The lowest BCUT2D eigenvalue weighted by Crippen LogP contribution is -2.05. The number of nitrogens with zero attached hydrogens (tertiary/aromatic N) is 3. The van der Waals surface area contributed by atoms with Crippen LogP contribution in [0.15, 0.2) is 60.8 Å². The zero-order valence-corrected chi connectivity index (χ0v) is 16.1. The van der Waals surface area contributed by atoms with Crippen molar-refractivity contribution in [3.8, 4) is 16.5 Å². The summed E-state index contributed by atoms with van der Waals surface area (Å²) in [6.07, 6.45) is 2.06. The van der Waals surface area contributed by atoms with Gasteiger partial charge in [-0.15, -0.1) is 0 Å². The molecular formula is C20H18ClN3OS. The third-order valence-electron chi connectivity index (χ3n) is 4.26. The van der Waals surface area contributed by atoms with E-state index in [4.69, 9.17) is 21.3 Å². The minimum atomic E-state index is 0.712. The molecule has 6 heteroatoms. The van der Waals surface area contributed by atoms with Crippen molar-refractivity contribution in [1.29, 1.82) is 0 Å². The molecule has 0 radical (unpaired) electrons. The fraction of sp³-hybridized carbons (Fsp3) is 0.150. The Morgan fingerprint density at radius 2 is 1.92 bits per heavy atom. The Morgan fingerprint density at radius 3 is 2.69 bits per heavy atom. The van der Waals surface area contributed by atoms with Gasteiger partial charge in [-0.1, -0.05) is 35.3 Å². The van der Waals surface area contributed by atoms with Crippen LogP contribution in [0.4, 0.5) is 0 Å². The Kier molecular flexibility index (Phi) is 4.57. The predicted molar refractivity (Wildman–Crippen MR) is 108 cm³/mol. The van der Waals surface area contributed by atoms with Crippen LogP contribution in [0.5, 0.6) is 5.75 Å². The highest BCUT2D eigenvalue weighted by Crippen LogP contribution is 2.27. The topological polar surface area (TPSA) is 32.0 Å². The molecule has 0 spiro atoms. The standard InChI is InChI=1S/C20H18ClN3OS/c1-23-18-12-15(21)7-10-17(18)22-20-19(26-23)4-3-11-24(20)13-14-5-8-16(25-2)9-6-14/h3-12H,13H2,1-2H3. The summed E-state index contributed by atoms with van der Waals surface area (Å²) in [6.45, 7) is 0.740. The lowest BCUT2D eigenvalue weighted by atomic mass is 10.2. The van der Waals surface area contributed by atoms with Gasteiger partial charge >= 0.3 is 0 Å². The minimum absolute atomic E-state index is 0.712. The van der Waals surface area contributed by atoms with Gasteiger partial charge in [0, 0.05) is 24.8 Å². The second-order valence-corrected chi connectivity index (χ2v) is 7.61. The van der Waals surface area contributed by atoms with Crippen LogP contribution in [-0.4, -0.2) is 20.6 Å². The van der Waals surface area contributed by atoms with Crippen molar-refractivity contribution in [3.05, 3.63) is 71.4 Å². The number of aryl methyl sites for hydroxylation is 1. The van der Waals surface area contributed by atoms with Gasteiger partial charge in [0.05, 0.1) is 23.0 Å². The molecule has 0 unspecified atom stereocenters. The molecule has 0 amide bonds. The predicted octanol–water partition coefficient (Wildman–Crippen LogP) is 5.38. The van der Waals surface area contributed by atoms with Gasteiger partial charge in [-0.05, 0) is 48.0 Å². The molecule has 2 heterocycles. The fourth-order valence-corrected chi connectivity index (χ4v) is 4.01. The molecule has 0 fully saturated rings. The molecule has 0 saturated heterocycles. The number of pyridine rings is 1. The van der Waals surface area contributed by atoms with Crippen molar-refractivity contribution in [2.45, 2.75) is 6.54 Å². The van der Waals surface area contributed by atoms with Crippen molar-refractivity contribution in [3.63, 3.8) is 0 Å². The largest absolute Gasteiger partial charge is 0.497 e. The summed E-state index contributed by atoms with van der Waals surface area (Å²) < 4.78 is 9.52. The molecule has 2 aromatic rings. The number of fused-ring (bicyclic) bond motifs is 2. The van der Waals surface area contributed by atoms with E-state index in [9.17, 15) is 0 Å². The molecule has 0 saturated carbocycles. The van der Waals surface area contributed by atoms with Crippen LogP contribution < -0.4 is 4.74 Å². The molecule has 2 aliphatic heterocycles. The van der Waals surface area contributed by atoms with E-state index >= 15 is 0 Å². The number of benzene rings is 2. The first kappa shape index (κ1) is 16.9. The summed E-state index contributed by atoms with van der Waals surface area (Å²) in [4.78, 5) is 6.05. The van der Waals surface area contributed by atoms with Crippen molar-refractivity contribution < 1.29 is 4.74 Å². The quantitative estimate of drug-likeness (QED) is 0.476. The van der Waals surface area contributed by atoms with E-state index in [1.807, 2.05) is 37.4 Å². The second kappa shape index (κ2) is 7.02. The highest BCUT2D eigenvalue weighted by Gasteiger charge is 2.11. The van der Waals surface area contributed by atoms with Crippen LogP contribution in [0.1, 0.15) is 5.56 Å². The molecule has 0 N–H and O–H groups in total. The monoisotopic (exact) mass is 383 g/mol. The smallest absolute Gasteiger partial charge is 0.152 e. The van der Waals surface area contributed by atoms with Gasteiger partial charge in [0.2, 0.25) is 0 Å². The number of halogens is 1. The maximum Gasteiger partial charge on any atom is 0.152 e. The molecular weight excluding hydrogens is 366 g/mol. The lowest BCUT2D eigenvalue weighted by Gasteiger charge is -2.12. The van der Waals surface area contributed by atoms with Crippen LogP contribution >= 0.6 is 23.1 Å². The molecule has 4 nitrogen and oxygen atoms in total. The first-order valence-corrected chi connectivity index (χ1v) is 9.37. The maximum atomic E-state index is 6.18. The molecule has 26 heavy (non-hydrogen) atoms. The molecule has 0 atom stereocenters. The summed E-state index contributed by atoms with van der Waals surface area (Å²) in [5, 5.41) is 0.712. The molecule has 0 aliphatic carbocycles. The number of aromatic nitrogens is 3. The lowest BCUT2D eigenvalue weighted by molar-refractivity contribution is 0.414. The van der Waals surface area contributed by atoms with Crippen molar-refractivity contribution >= 4 is 34.2 Å². The van der Waals surface area contributed by atoms with Gasteiger partial charge in [0.15, 0.2) is 5.82 Å². The number of rotatable bonds is 3. The summed E-state index contributed by atoms with van der Waals surface area (Å²) in [7, 11) is 3.71. The maximum absolute atomic E-state index is 6.18. The van der Waals surface area contributed by atoms with Gasteiger partial charge in [-0.25, -0.2) is 4.98 Å². The average molecular weight is 384 g/mol. The normalized spacial score (nSPS) is 11.0. The van der Waals surface area contributed by atoms with Gasteiger partial charge < -0.3 is 9.30 Å². The van der Waals surface area contributed by atoms with E-state index < -0.39 is 0 Å². The third kappa shape index (κ3) is 3.28. The summed E-state index contributed by atoms with van der Waals surface area (Å²) in [6, 6.07) is 18.1. The summed E-state index contributed by atoms with van der Waals surface area (Å²) in [5.74, 6) is 1.81. The van der Waals surface area contributed by atoms with Crippen molar-refractivity contribution in [2.75, 3.05) is 7.11 Å². The zero-order chi connectivity index (χ0) is 18.1. The second-order valence-electron chi connectivity index (χ2n) is 6.01. The molecule has 4 rings (SSSR count). The highest BCUT2D eigenvalue weighted by molar-refractivity contribution is 7.10. The Morgan fingerprint density at radius 1 is 1.12 bits per heavy atom. The fourth-order valence-electron chi connectivity index (χ4n) is 2.92. The van der Waals surface area contributed by atoms with Crippen LogP contribution in [-0.2, 0) is 13.6 Å². The number of methoxy groups -OCH3 is 1.